The molecule has 2 aromatic carbocycles. The predicted molar refractivity (Wildman–Crippen MR) is 81.9 cm³/mol. The second-order valence-corrected chi connectivity index (χ2v) is 7.41. The van der Waals surface area contributed by atoms with Gasteiger partial charge in [-0.1, -0.05) is 18.2 Å². The van der Waals surface area contributed by atoms with Crippen molar-refractivity contribution in [1.82, 2.24) is 4.31 Å². The SMILES string of the molecule is CN(C)S(=O)(=O)c1ccc2c(c1)C(=O)Cc1ccccc1O2. The summed E-state index contributed by atoms with van der Waals surface area (Å²) >= 11 is 0. The Bertz CT molecular complexity index is 856. The molecule has 0 amide bonds. The fourth-order valence-electron chi connectivity index (χ4n) is 2.32. The molecule has 5 nitrogen and oxygen atoms in total. The number of sulfonamides is 1. The first-order valence-electron chi connectivity index (χ1n) is 6.75. The average molecular weight is 317 g/mol. The van der Waals surface area contributed by atoms with Crippen LogP contribution in [0.4, 0.5) is 0 Å². The molecule has 1 aliphatic rings. The minimum Gasteiger partial charge on any atom is -0.456 e. The Kier molecular flexibility index (Phi) is 3.50. The highest BCUT2D eigenvalue weighted by Gasteiger charge is 2.25. The highest BCUT2D eigenvalue weighted by molar-refractivity contribution is 7.89. The lowest BCUT2D eigenvalue weighted by Crippen LogP contribution is -2.22. The van der Waals surface area contributed by atoms with Crippen molar-refractivity contribution >= 4 is 15.8 Å². The number of ether oxygens (including phenoxy) is 1. The Morgan fingerprint density at radius 2 is 1.77 bits per heavy atom. The van der Waals surface area contributed by atoms with Gasteiger partial charge >= 0.3 is 0 Å². The van der Waals surface area contributed by atoms with Crippen molar-refractivity contribution in [3.63, 3.8) is 0 Å². The second kappa shape index (κ2) is 5.23. The van der Waals surface area contributed by atoms with E-state index in [0.29, 0.717) is 17.1 Å². The van der Waals surface area contributed by atoms with Gasteiger partial charge in [0.2, 0.25) is 10.0 Å². The molecule has 22 heavy (non-hydrogen) atoms. The standard InChI is InChI=1S/C16H15NO4S/c1-17(2)22(19,20)12-7-8-16-13(10-12)14(18)9-11-5-3-4-6-15(11)21-16/h3-8,10H,9H2,1-2H3. The van der Waals surface area contributed by atoms with E-state index in [-0.39, 0.29) is 17.1 Å². The quantitative estimate of drug-likeness (QED) is 0.853. The van der Waals surface area contributed by atoms with Crippen molar-refractivity contribution in [3.05, 3.63) is 53.6 Å². The maximum Gasteiger partial charge on any atom is 0.242 e. The fraction of sp³-hybridized carbons (Fsp3) is 0.188. The molecular formula is C16H15NO4S. The normalized spacial score (nSPS) is 14.0. The topological polar surface area (TPSA) is 63.7 Å². The van der Waals surface area contributed by atoms with Crippen LogP contribution in [0.1, 0.15) is 15.9 Å². The van der Waals surface area contributed by atoms with Crippen molar-refractivity contribution in [2.75, 3.05) is 14.1 Å². The molecule has 0 spiro atoms. The molecule has 0 aliphatic carbocycles. The predicted octanol–water partition coefficient (Wildman–Crippen LogP) is 2.47. The van der Waals surface area contributed by atoms with Crippen molar-refractivity contribution in [1.29, 1.82) is 0 Å². The summed E-state index contributed by atoms with van der Waals surface area (Å²) in [7, 11) is -0.680. The van der Waals surface area contributed by atoms with Gasteiger partial charge in [0.15, 0.2) is 5.78 Å². The van der Waals surface area contributed by atoms with Gasteiger partial charge in [-0.3, -0.25) is 4.79 Å². The summed E-state index contributed by atoms with van der Waals surface area (Å²) in [6.45, 7) is 0. The summed E-state index contributed by atoms with van der Waals surface area (Å²) < 4.78 is 31.3. The van der Waals surface area contributed by atoms with E-state index in [1.165, 1.54) is 32.3 Å². The van der Waals surface area contributed by atoms with Crippen LogP contribution in [0.15, 0.2) is 47.4 Å². The molecule has 1 heterocycles. The molecule has 0 N–H and O–H groups in total. The average Bonchev–Trinajstić information content (AvgIpc) is 2.62. The number of hydrogen-bond donors (Lipinski definition) is 0. The van der Waals surface area contributed by atoms with E-state index >= 15 is 0 Å². The molecule has 0 fully saturated rings. The highest BCUT2D eigenvalue weighted by atomic mass is 32.2. The number of carbonyl (C=O) groups is 1. The van der Waals surface area contributed by atoms with Crippen LogP contribution in [0.3, 0.4) is 0 Å². The highest BCUT2D eigenvalue weighted by Crippen LogP contribution is 2.34. The van der Waals surface area contributed by atoms with Crippen LogP contribution >= 0.6 is 0 Å². The first-order chi connectivity index (χ1) is 10.4. The Hall–Kier alpha value is -2.18. The number of ketones is 1. The Labute approximate surface area is 129 Å². The number of rotatable bonds is 2. The van der Waals surface area contributed by atoms with Gasteiger partial charge in [0.25, 0.3) is 0 Å². The molecule has 0 aromatic heterocycles. The van der Waals surface area contributed by atoms with Gasteiger partial charge in [-0.2, -0.15) is 0 Å². The maximum absolute atomic E-state index is 12.4. The molecule has 0 unspecified atom stereocenters. The van der Waals surface area contributed by atoms with Gasteiger partial charge in [0.05, 0.1) is 10.5 Å². The van der Waals surface area contributed by atoms with Gasteiger partial charge in [0.1, 0.15) is 11.5 Å². The molecule has 1 aliphatic heterocycles. The van der Waals surface area contributed by atoms with Gasteiger partial charge < -0.3 is 4.74 Å². The second-order valence-electron chi connectivity index (χ2n) is 5.26. The molecule has 3 rings (SSSR count). The summed E-state index contributed by atoms with van der Waals surface area (Å²) in [5.41, 5.74) is 1.08. The minimum absolute atomic E-state index is 0.0826. The Balaban J connectivity index is 2.12. The third-order valence-corrected chi connectivity index (χ3v) is 5.38. The zero-order valence-electron chi connectivity index (χ0n) is 12.2. The van der Waals surface area contributed by atoms with Gasteiger partial charge in [-0.25, -0.2) is 12.7 Å². The summed E-state index contributed by atoms with van der Waals surface area (Å²) in [4.78, 5) is 12.5. The number of hydrogen-bond acceptors (Lipinski definition) is 4. The monoisotopic (exact) mass is 317 g/mol. The Morgan fingerprint density at radius 3 is 2.50 bits per heavy atom. The molecular weight excluding hydrogens is 302 g/mol. The molecule has 0 atom stereocenters. The third-order valence-electron chi connectivity index (χ3n) is 3.57. The van der Waals surface area contributed by atoms with Crippen molar-refractivity contribution in [2.45, 2.75) is 11.3 Å². The van der Waals surface area contributed by atoms with Crippen molar-refractivity contribution in [2.24, 2.45) is 0 Å². The fourth-order valence-corrected chi connectivity index (χ4v) is 3.25. The molecule has 0 saturated carbocycles. The van der Waals surface area contributed by atoms with E-state index in [1.54, 1.807) is 6.07 Å². The number of Topliss-reactive ketones (excluding diaryl/α,β-unsaturated/α-hetero) is 1. The first kappa shape index (κ1) is 14.7. The number of fused-ring (bicyclic) bond motifs is 2. The number of benzene rings is 2. The third kappa shape index (κ3) is 2.40. The molecule has 0 saturated heterocycles. The van der Waals surface area contributed by atoms with Crippen LogP contribution in [0.2, 0.25) is 0 Å². The van der Waals surface area contributed by atoms with E-state index in [2.05, 4.69) is 0 Å². The van der Waals surface area contributed by atoms with Crippen LogP contribution in [0.5, 0.6) is 11.5 Å². The van der Waals surface area contributed by atoms with E-state index in [1.807, 2.05) is 18.2 Å². The molecule has 6 heteroatoms. The molecule has 114 valence electrons. The minimum atomic E-state index is -3.59. The number of carbonyl (C=O) groups excluding carboxylic acids is 1. The van der Waals surface area contributed by atoms with E-state index in [0.717, 1.165) is 9.87 Å². The lowest BCUT2D eigenvalue weighted by atomic mass is 10.0. The van der Waals surface area contributed by atoms with E-state index < -0.39 is 10.0 Å². The van der Waals surface area contributed by atoms with Crippen molar-refractivity contribution < 1.29 is 17.9 Å². The van der Waals surface area contributed by atoms with E-state index in [9.17, 15) is 13.2 Å². The van der Waals surface area contributed by atoms with Crippen LogP contribution < -0.4 is 4.74 Å². The lowest BCUT2D eigenvalue weighted by molar-refractivity contribution is 0.0993. The van der Waals surface area contributed by atoms with E-state index in [4.69, 9.17) is 4.74 Å². The van der Waals surface area contributed by atoms with Crippen LogP contribution in [-0.4, -0.2) is 32.6 Å². The smallest absolute Gasteiger partial charge is 0.242 e. The maximum atomic E-state index is 12.4. The first-order valence-corrected chi connectivity index (χ1v) is 8.19. The summed E-state index contributed by atoms with van der Waals surface area (Å²) in [6.07, 6.45) is 0.189. The largest absolute Gasteiger partial charge is 0.456 e. The molecule has 0 bridgehead atoms. The summed E-state index contributed by atoms with van der Waals surface area (Å²) in [6, 6.07) is 11.7. The molecule has 2 aromatic rings. The van der Waals surface area contributed by atoms with Gasteiger partial charge in [0, 0.05) is 26.1 Å². The number of para-hydroxylation sites is 1. The van der Waals surface area contributed by atoms with Crippen LogP contribution in [0.25, 0.3) is 0 Å². The zero-order valence-corrected chi connectivity index (χ0v) is 13.1. The lowest BCUT2D eigenvalue weighted by Gasteiger charge is -2.13. The van der Waals surface area contributed by atoms with Crippen molar-refractivity contribution in [3.8, 4) is 11.5 Å². The molecule has 0 radical (unpaired) electrons. The number of nitrogens with zero attached hydrogens (tertiary/aromatic N) is 1. The summed E-state index contributed by atoms with van der Waals surface area (Å²) in [5.74, 6) is 0.848. The summed E-state index contributed by atoms with van der Waals surface area (Å²) in [5, 5.41) is 0. The van der Waals surface area contributed by atoms with Crippen LogP contribution in [0, 0.1) is 0 Å². The van der Waals surface area contributed by atoms with Gasteiger partial charge in [-0.15, -0.1) is 0 Å². The zero-order chi connectivity index (χ0) is 15.9. The van der Waals surface area contributed by atoms with Gasteiger partial charge in [-0.05, 0) is 24.3 Å². The Morgan fingerprint density at radius 1 is 1.05 bits per heavy atom. The van der Waals surface area contributed by atoms with Crippen LogP contribution in [-0.2, 0) is 16.4 Å².